The Morgan fingerprint density at radius 2 is 1.58 bits per heavy atom. The third-order valence-corrected chi connectivity index (χ3v) is 4.36. The van der Waals surface area contributed by atoms with Crippen LogP contribution in [0.15, 0.2) is 48.8 Å². The topological polar surface area (TPSA) is 29.0 Å². The maximum absolute atomic E-state index is 4.60. The number of fused-ring (bicyclic) bond motifs is 1. The smallest absolute Gasteiger partial charge is 0.135 e. The molecule has 1 aromatic heterocycles. The molecule has 0 radical (unpaired) electrons. The molecule has 0 aliphatic heterocycles. The van der Waals surface area contributed by atoms with Crippen LogP contribution in [0.4, 0.5) is 5.82 Å². The zero-order valence-electron chi connectivity index (χ0n) is 14.5. The van der Waals surface area contributed by atoms with Gasteiger partial charge in [-0.1, -0.05) is 43.3 Å². The van der Waals surface area contributed by atoms with Crippen molar-refractivity contribution in [3.63, 3.8) is 0 Å². The zero-order valence-corrected chi connectivity index (χ0v) is 15.3. The molecule has 0 unspecified atom stereocenters. The molecule has 0 saturated heterocycles. The van der Waals surface area contributed by atoms with Crippen LogP contribution in [0.1, 0.15) is 26.3 Å². The summed E-state index contributed by atoms with van der Waals surface area (Å²) in [5.41, 5.74) is 3.44. The largest absolute Gasteiger partial charge is 0.357 e. The molecule has 0 saturated carbocycles. The molecule has 3 rings (SSSR count). The van der Waals surface area contributed by atoms with Gasteiger partial charge in [0, 0.05) is 24.2 Å². The van der Waals surface area contributed by atoms with E-state index in [2.05, 4.69) is 78.1 Å². The SMILES string of the molecule is CCc1c(-c2ccc3ccccc3c2)ncnc1N(CC)CC.Cl. The van der Waals surface area contributed by atoms with Gasteiger partial charge in [0.2, 0.25) is 0 Å². The number of aromatic nitrogens is 2. The quantitative estimate of drug-likeness (QED) is 0.644. The van der Waals surface area contributed by atoms with Crippen LogP contribution in [-0.4, -0.2) is 23.1 Å². The van der Waals surface area contributed by atoms with Crippen LogP contribution >= 0.6 is 12.4 Å². The highest BCUT2D eigenvalue weighted by Crippen LogP contribution is 2.30. The molecule has 2 aromatic carbocycles. The van der Waals surface area contributed by atoms with E-state index in [-0.39, 0.29) is 12.4 Å². The maximum atomic E-state index is 4.60. The van der Waals surface area contributed by atoms with Gasteiger partial charge in [0.1, 0.15) is 12.1 Å². The average molecular weight is 342 g/mol. The molecule has 0 N–H and O–H groups in total. The van der Waals surface area contributed by atoms with E-state index in [1.807, 2.05) is 0 Å². The van der Waals surface area contributed by atoms with Crippen LogP contribution in [0.2, 0.25) is 0 Å². The molecule has 0 atom stereocenters. The molecule has 3 nitrogen and oxygen atoms in total. The molecule has 24 heavy (non-hydrogen) atoms. The van der Waals surface area contributed by atoms with Crippen molar-refractivity contribution in [2.75, 3.05) is 18.0 Å². The molecule has 0 spiro atoms. The van der Waals surface area contributed by atoms with Crippen LogP contribution in [0.25, 0.3) is 22.0 Å². The lowest BCUT2D eigenvalue weighted by Crippen LogP contribution is -2.24. The Balaban J connectivity index is 0.00000208. The lowest BCUT2D eigenvalue weighted by atomic mass is 10.0. The van der Waals surface area contributed by atoms with Gasteiger partial charge >= 0.3 is 0 Å². The molecular weight excluding hydrogens is 318 g/mol. The summed E-state index contributed by atoms with van der Waals surface area (Å²) in [6.07, 6.45) is 2.62. The fraction of sp³-hybridized carbons (Fsp3) is 0.300. The predicted molar refractivity (Wildman–Crippen MR) is 105 cm³/mol. The van der Waals surface area contributed by atoms with Gasteiger partial charge in [-0.25, -0.2) is 9.97 Å². The van der Waals surface area contributed by atoms with Crippen molar-refractivity contribution in [1.82, 2.24) is 9.97 Å². The third kappa shape index (κ3) is 3.36. The summed E-state index contributed by atoms with van der Waals surface area (Å²) in [5, 5.41) is 2.50. The monoisotopic (exact) mass is 341 g/mol. The molecule has 0 aliphatic carbocycles. The molecule has 4 heteroatoms. The number of hydrogen-bond donors (Lipinski definition) is 0. The van der Waals surface area contributed by atoms with Gasteiger partial charge in [-0.05, 0) is 37.1 Å². The second-order valence-electron chi connectivity index (χ2n) is 5.61. The number of halogens is 1. The molecule has 1 heterocycles. The van der Waals surface area contributed by atoms with Crippen molar-refractivity contribution in [1.29, 1.82) is 0 Å². The van der Waals surface area contributed by atoms with Crippen LogP contribution < -0.4 is 4.90 Å². The van der Waals surface area contributed by atoms with Crippen molar-refractivity contribution in [3.05, 3.63) is 54.4 Å². The molecular formula is C20H24ClN3. The fourth-order valence-corrected chi connectivity index (χ4v) is 3.11. The minimum Gasteiger partial charge on any atom is -0.357 e. The molecule has 0 aliphatic rings. The normalized spacial score (nSPS) is 10.5. The number of anilines is 1. The average Bonchev–Trinajstić information content (AvgIpc) is 2.62. The third-order valence-electron chi connectivity index (χ3n) is 4.36. The second kappa shape index (κ2) is 8.11. The van der Waals surface area contributed by atoms with Crippen molar-refractivity contribution in [3.8, 4) is 11.3 Å². The van der Waals surface area contributed by atoms with Gasteiger partial charge in [-0.2, -0.15) is 0 Å². The Morgan fingerprint density at radius 3 is 2.25 bits per heavy atom. The van der Waals surface area contributed by atoms with E-state index in [0.717, 1.165) is 36.6 Å². The van der Waals surface area contributed by atoms with E-state index < -0.39 is 0 Å². The molecule has 0 bridgehead atoms. The maximum Gasteiger partial charge on any atom is 0.135 e. The summed E-state index contributed by atoms with van der Waals surface area (Å²) >= 11 is 0. The summed E-state index contributed by atoms with van der Waals surface area (Å²) < 4.78 is 0. The van der Waals surface area contributed by atoms with E-state index in [9.17, 15) is 0 Å². The summed E-state index contributed by atoms with van der Waals surface area (Å²) in [7, 11) is 0. The Labute approximate surface area is 150 Å². The number of rotatable bonds is 5. The number of hydrogen-bond acceptors (Lipinski definition) is 3. The number of nitrogens with zero attached hydrogens (tertiary/aromatic N) is 3. The Hall–Kier alpha value is -2.13. The number of benzene rings is 2. The predicted octanol–water partition coefficient (Wildman–Crippen LogP) is 5.13. The minimum atomic E-state index is 0. The van der Waals surface area contributed by atoms with Gasteiger partial charge in [0.25, 0.3) is 0 Å². The highest BCUT2D eigenvalue weighted by atomic mass is 35.5. The minimum absolute atomic E-state index is 0. The fourth-order valence-electron chi connectivity index (χ4n) is 3.11. The van der Waals surface area contributed by atoms with Crippen LogP contribution in [0.5, 0.6) is 0 Å². The van der Waals surface area contributed by atoms with E-state index in [4.69, 9.17) is 0 Å². The van der Waals surface area contributed by atoms with Crippen molar-refractivity contribution in [2.45, 2.75) is 27.2 Å². The summed E-state index contributed by atoms with van der Waals surface area (Å²) in [6, 6.07) is 15.0. The highest BCUT2D eigenvalue weighted by Gasteiger charge is 2.15. The van der Waals surface area contributed by atoms with Gasteiger partial charge in [0.15, 0.2) is 0 Å². The lowest BCUT2D eigenvalue weighted by molar-refractivity contribution is 0.828. The first-order valence-electron chi connectivity index (χ1n) is 8.36. The first kappa shape index (κ1) is 18.2. The van der Waals surface area contributed by atoms with Gasteiger partial charge in [0.05, 0.1) is 5.69 Å². The van der Waals surface area contributed by atoms with E-state index in [1.54, 1.807) is 6.33 Å². The molecule has 0 amide bonds. The van der Waals surface area contributed by atoms with E-state index in [0.29, 0.717) is 0 Å². The Bertz CT molecular complexity index is 813. The first-order valence-corrected chi connectivity index (χ1v) is 8.36. The van der Waals surface area contributed by atoms with Crippen LogP contribution in [0, 0.1) is 0 Å². The van der Waals surface area contributed by atoms with Gasteiger partial charge in [-0.15, -0.1) is 12.4 Å². The Kier molecular flexibility index (Phi) is 6.16. The summed E-state index contributed by atoms with van der Waals surface area (Å²) in [4.78, 5) is 11.5. The molecule has 126 valence electrons. The standard InChI is InChI=1S/C20H23N3.ClH/c1-4-18-19(21-14-22-20(18)23(5-2)6-3)17-12-11-15-9-7-8-10-16(15)13-17;/h7-14H,4-6H2,1-3H3;1H. The van der Waals surface area contributed by atoms with Gasteiger partial charge < -0.3 is 4.90 Å². The Morgan fingerprint density at radius 1 is 0.875 bits per heavy atom. The lowest BCUT2D eigenvalue weighted by Gasteiger charge is -2.23. The van der Waals surface area contributed by atoms with Gasteiger partial charge in [-0.3, -0.25) is 0 Å². The highest BCUT2D eigenvalue weighted by molar-refractivity contribution is 5.87. The van der Waals surface area contributed by atoms with E-state index in [1.165, 1.54) is 16.3 Å². The van der Waals surface area contributed by atoms with Crippen LogP contribution in [0.3, 0.4) is 0 Å². The van der Waals surface area contributed by atoms with Crippen molar-refractivity contribution >= 4 is 29.0 Å². The summed E-state index contributed by atoms with van der Waals surface area (Å²) in [5.74, 6) is 1.07. The van der Waals surface area contributed by atoms with Crippen LogP contribution in [-0.2, 0) is 6.42 Å². The van der Waals surface area contributed by atoms with Crippen molar-refractivity contribution in [2.24, 2.45) is 0 Å². The second-order valence-corrected chi connectivity index (χ2v) is 5.61. The summed E-state index contributed by atoms with van der Waals surface area (Å²) in [6.45, 7) is 8.42. The molecule has 0 fully saturated rings. The van der Waals surface area contributed by atoms with E-state index >= 15 is 0 Å². The molecule has 3 aromatic rings. The van der Waals surface area contributed by atoms with Crippen molar-refractivity contribution < 1.29 is 0 Å². The first-order chi connectivity index (χ1) is 11.3. The zero-order chi connectivity index (χ0) is 16.2.